The van der Waals surface area contributed by atoms with Gasteiger partial charge >= 0.3 is 12.1 Å². The van der Waals surface area contributed by atoms with Crippen LogP contribution >= 0.6 is 15.9 Å². The first-order valence-corrected chi connectivity index (χ1v) is 4.37. The molecule has 0 spiro atoms. The van der Waals surface area contributed by atoms with Crippen molar-refractivity contribution in [3.63, 3.8) is 0 Å². The molecule has 0 aliphatic carbocycles. The summed E-state index contributed by atoms with van der Waals surface area (Å²) in [6.07, 6.45) is -5.86. The Labute approximate surface area is 92.8 Å². The van der Waals surface area contributed by atoms with Crippen LogP contribution in [-0.2, 0) is 5.92 Å². The molecule has 0 saturated heterocycles. The highest BCUT2D eigenvalue weighted by molar-refractivity contribution is 9.10. The zero-order chi connectivity index (χ0) is 12.7. The molecule has 0 aromatic carbocycles. The summed E-state index contributed by atoms with van der Waals surface area (Å²) >= 11 is 2.30. The predicted octanol–water partition coefficient (Wildman–Crippen LogP) is 1.77. The largest absolute Gasteiger partial charge is 0.459 e. The van der Waals surface area contributed by atoms with E-state index in [1.54, 1.807) is 4.98 Å². The first-order chi connectivity index (χ1) is 7.07. The molecule has 1 aromatic heterocycles. The molecule has 10 heteroatoms. The first-order valence-electron chi connectivity index (χ1n) is 3.57. The summed E-state index contributed by atoms with van der Waals surface area (Å²) in [4.78, 5) is 15.5. The molecule has 90 valence electrons. The highest BCUT2D eigenvalue weighted by atomic mass is 79.9. The number of alkyl halides is 5. The lowest BCUT2D eigenvalue weighted by Crippen LogP contribution is -2.36. The molecule has 0 saturated carbocycles. The van der Waals surface area contributed by atoms with Crippen LogP contribution in [0, 0.1) is 0 Å². The zero-order valence-electron chi connectivity index (χ0n) is 7.20. The number of nitrogens with two attached hydrogens (primary N) is 1. The van der Waals surface area contributed by atoms with Crippen molar-refractivity contribution < 1.29 is 22.0 Å². The van der Waals surface area contributed by atoms with E-state index in [0.29, 0.717) is 0 Å². The minimum atomic E-state index is -5.86. The minimum Gasteiger partial charge on any atom is -0.369 e. The van der Waals surface area contributed by atoms with E-state index in [9.17, 15) is 26.7 Å². The summed E-state index contributed by atoms with van der Waals surface area (Å²) < 4.78 is 60.7. The van der Waals surface area contributed by atoms with Gasteiger partial charge in [0.25, 0.3) is 5.56 Å². The number of rotatable bonds is 1. The maximum Gasteiger partial charge on any atom is 0.459 e. The fourth-order valence-electron chi connectivity index (χ4n) is 0.819. The van der Waals surface area contributed by atoms with Crippen molar-refractivity contribution in [1.82, 2.24) is 9.97 Å². The van der Waals surface area contributed by atoms with Gasteiger partial charge in [-0.2, -0.15) is 22.0 Å². The predicted molar refractivity (Wildman–Crippen MR) is 46.9 cm³/mol. The number of halogens is 6. The van der Waals surface area contributed by atoms with Crippen LogP contribution < -0.4 is 11.3 Å². The third kappa shape index (κ3) is 2.01. The first kappa shape index (κ1) is 12.9. The maximum absolute atomic E-state index is 12.9. The molecule has 16 heavy (non-hydrogen) atoms. The summed E-state index contributed by atoms with van der Waals surface area (Å²) in [6, 6.07) is 0. The van der Waals surface area contributed by atoms with E-state index in [2.05, 4.69) is 20.9 Å². The van der Waals surface area contributed by atoms with Crippen LogP contribution in [0.2, 0.25) is 0 Å². The second-order valence-corrected chi connectivity index (χ2v) is 3.48. The SMILES string of the molecule is Nc1nc(C(F)(F)C(F)(F)F)c(Br)c(=O)[nH]1. The van der Waals surface area contributed by atoms with Crippen LogP contribution in [-0.4, -0.2) is 16.1 Å². The van der Waals surface area contributed by atoms with Crippen molar-refractivity contribution >= 4 is 21.9 Å². The molecule has 1 aromatic rings. The molecule has 0 amide bonds. The lowest BCUT2D eigenvalue weighted by Gasteiger charge is -2.19. The molecular formula is C6H3BrF5N3O. The minimum absolute atomic E-state index is 0.827. The Morgan fingerprint density at radius 3 is 2.19 bits per heavy atom. The molecule has 4 nitrogen and oxygen atoms in total. The summed E-state index contributed by atoms with van der Waals surface area (Å²) in [7, 11) is 0. The van der Waals surface area contributed by atoms with E-state index < -0.39 is 33.8 Å². The molecule has 0 atom stereocenters. The van der Waals surface area contributed by atoms with Crippen molar-refractivity contribution in [2.75, 3.05) is 5.73 Å². The van der Waals surface area contributed by atoms with Crippen molar-refractivity contribution in [1.29, 1.82) is 0 Å². The molecule has 0 radical (unpaired) electrons. The Bertz CT molecular complexity index is 468. The second-order valence-electron chi connectivity index (χ2n) is 2.69. The average Bonchev–Trinajstić information content (AvgIpc) is 2.09. The number of hydrogen-bond acceptors (Lipinski definition) is 3. The van der Waals surface area contributed by atoms with Crippen LogP contribution in [0.4, 0.5) is 27.9 Å². The van der Waals surface area contributed by atoms with Crippen molar-refractivity contribution in [2.45, 2.75) is 12.1 Å². The van der Waals surface area contributed by atoms with Gasteiger partial charge < -0.3 is 5.73 Å². The quantitative estimate of drug-likeness (QED) is 0.777. The Balaban J connectivity index is 3.51. The van der Waals surface area contributed by atoms with Gasteiger partial charge in [-0.25, -0.2) is 4.98 Å². The summed E-state index contributed by atoms with van der Waals surface area (Å²) in [5.74, 6) is -6.08. The molecule has 1 heterocycles. The molecule has 0 aliphatic rings. The number of H-pyrrole nitrogens is 1. The van der Waals surface area contributed by atoms with Gasteiger partial charge in [-0.3, -0.25) is 9.78 Å². The van der Waals surface area contributed by atoms with Gasteiger partial charge in [0.1, 0.15) is 10.2 Å². The number of nitrogens with one attached hydrogen (secondary N) is 1. The second kappa shape index (κ2) is 3.68. The van der Waals surface area contributed by atoms with Gasteiger partial charge in [0.15, 0.2) is 0 Å². The van der Waals surface area contributed by atoms with E-state index in [1.165, 1.54) is 0 Å². The van der Waals surface area contributed by atoms with Gasteiger partial charge in [-0.1, -0.05) is 0 Å². The Morgan fingerprint density at radius 2 is 1.75 bits per heavy atom. The fraction of sp³-hybridized carbons (Fsp3) is 0.333. The average molecular weight is 308 g/mol. The van der Waals surface area contributed by atoms with Crippen LogP contribution in [0.1, 0.15) is 5.69 Å². The molecule has 3 N–H and O–H groups in total. The van der Waals surface area contributed by atoms with E-state index in [1.807, 2.05) is 0 Å². The number of aromatic nitrogens is 2. The topological polar surface area (TPSA) is 71.8 Å². The number of anilines is 1. The van der Waals surface area contributed by atoms with Gasteiger partial charge in [0, 0.05) is 0 Å². The molecule has 1 rings (SSSR count). The number of nitrogens with zero attached hydrogens (tertiary/aromatic N) is 1. The smallest absolute Gasteiger partial charge is 0.369 e. The molecule has 0 aliphatic heterocycles. The van der Waals surface area contributed by atoms with Crippen LogP contribution in [0.3, 0.4) is 0 Å². The fourth-order valence-corrected chi connectivity index (χ4v) is 1.26. The van der Waals surface area contributed by atoms with Crippen LogP contribution in [0.15, 0.2) is 9.27 Å². The lowest BCUT2D eigenvalue weighted by molar-refractivity contribution is -0.291. The van der Waals surface area contributed by atoms with E-state index in [-0.39, 0.29) is 0 Å². The summed E-state index contributed by atoms with van der Waals surface area (Å²) in [5.41, 5.74) is 1.90. The van der Waals surface area contributed by atoms with Crippen molar-refractivity contribution in [3.8, 4) is 0 Å². The van der Waals surface area contributed by atoms with Crippen molar-refractivity contribution in [2.24, 2.45) is 0 Å². The summed E-state index contributed by atoms with van der Waals surface area (Å²) in [6.45, 7) is 0. The molecule has 0 fully saturated rings. The van der Waals surface area contributed by atoms with E-state index >= 15 is 0 Å². The van der Waals surface area contributed by atoms with E-state index in [4.69, 9.17) is 5.73 Å². The molecule has 0 bridgehead atoms. The number of hydrogen-bond donors (Lipinski definition) is 2. The standard InChI is InChI=1S/C6H3BrF5N3O/c7-1-2(5(8,9)6(10,11)12)14-4(13)15-3(1)16/h(H3,13,14,15,16). The third-order valence-corrected chi connectivity index (χ3v) is 2.27. The van der Waals surface area contributed by atoms with Gasteiger partial charge in [-0.15, -0.1) is 0 Å². The van der Waals surface area contributed by atoms with E-state index in [0.717, 1.165) is 0 Å². The van der Waals surface area contributed by atoms with Gasteiger partial charge in [-0.05, 0) is 15.9 Å². The highest BCUT2D eigenvalue weighted by Crippen LogP contribution is 2.44. The highest BCUT2D eigenvalue weighted by Gasteiger charge is 2.61. The monoisotopic (exact) mass is 307 g/mol. The molecular weight excluding hydrogens is 305 g/mol. The van der Waals surface area contributed by atoms with Gasteiger partial charge in [0.2, 0.25) is 5.95 Å². The summed E-state index contributed by atoms with van der Waals surface area (Å²) in [5, 5.41) is 0. The maximum atomic E-state index is 12.9. The number of nitrogen functional groups attached to an aromatic ring is 1. The lowest BCUT2D eigenvalue weighted by atomic mass is 10.2. The van der Waals surface area contributed by atoms with Crippen molar-refractivity contribution in [3.05, 3.63) is 20.5 Å². The Morgan fingerprint density at radius 1 is 1.25 bits per heavy atom. The Kier molecular flexibility index (Phi) is 2.96. The third-order valence-electron chi connectivity index (χ3n) is 1.53. The Hall–Kier alpha value is -1.19. The number of aromatic amines is 1. The van der Waals surface area contributed by atoms with Gasteiger partial charge in [0.05, 0.1) is 0 Å². The van der Waals surface area contributed by atoms with Crippen LogP contribution in [0.25, 0.3) is 0 Å². The normalized spacial score (nSPS) is 12.9. The zero-order valence-corrected chi connectivity index (χ0v) is 8.79. The van der Waals surface area contributed by atoms with Crippen LogP contribution in [0.5, 0.6) is 0 Å². The molecule has 0 unspecified atom stereocenters.